The highest BCUT2D eigenvalue weighted by atomic mass is 16.6. The van der Waals surface area contributed by atoms with E-state index in [2.05, 4.69) is 0 Å². The van der Waals surface area contributed by atoms with E-state index in [9.17, 15) is 24.3 Å². The molecular weight excluding hydrogens is 636 g/mol. The third kappa shape index (κ3) is 5.65. The highest BCUT2D eigenvalue weighted by Crippen LogP contribution is 2.60. The van der Waals surface area contributed by atoms with Gasteiger partial charge in [-0.2, -0.15) is 0 Å². The van der Waals surface area contributed by atoms with Crippen molar-refractivity contribution in [1.29, 1.82) is 0 Å². The van der Waals surface area contributed by atoms with Crippen LogP contribution in [0.15, 0.2) is 27.4 Å². The number of hydrogen-bond acceptors (Lipinski definition) is 8. The van der Waals surface area contributed by atoms with Crippen molar-refractivity contribution in [3.8, 4) is 5.75 Å². The summed E-state index contributed by atoms with van der Waals surface area (Å²) in [6.45, 7) is 3.67. The number of hydrogen-bond donors (Lipinski definition) is 1. The minimum absolute atomic E-state index is 0.0662. The maximum atomic E-state index is 14.3. The molecule has 1 aromatic heterocycles. The van der Waals surface area contributed by atoms with Gasteiger partial charge in [0.1, 0.15) is 22.5 Å². The van der Waals surface area contributed by atoms with E-state index in [1.807, 2.05) is 13.8 Å². The summed E-state index contributed by atoms with van der Waals surface area (Å²) < 4.78 is 25.1. The summed E-state index contributed by atoms with van der Waals surface area (Å²) in [5.41, 5.74) is -2.37. The monoisotopic (exact) mass is 686 g/mol. The van der Waals surface area contributed by atoms with Gasteiger partial charge in [-0.3, -0.25) is 9.59 Å². The van der Waals surface area contributed by atoms with Crippen molar-refractivity contribution in [2.45, 2.75) is 134 Å². The van der Waals surface area contributed by atoms with E-state index in [4.69, 9.17) is 18.6 Å². The number of carbonyl (C=O) groups excluding carboxylic acids is 2. The zero-order valence-electron chi connectivity index (χ0n) is 29.4. The molecule has 0 saturated heterocycles. The first-order valence-corrected chi connectivity index (χ1v) is 19.3. The maximum Gasteiger partial charge on any atom is 0.351 e. The molecule has 8 aliphatic carbocycles. The lowest BCUT2D eigenvalue weighted by Crippen LogP contribution is -2.52. The molecule has 8 saturated carbocycles. The summed E-state index contributed by atoms with van der Waals surface area (Å²) in [4.78, 5) is 53.2. The zero-order valence-corrected chi connectivity index (χ0v) is 29.4. The minimum Gasteiger partial charge on any atom is -0.483 e. The lowest BCUT2D eigenvalue weighted by atomic mass is 9.60. The van der Waals surface area contributed by atoms with E-state index in [0.29, 0.717) is 53.2 Å². The zero-order chi connectivity index (χ0) is 34.6. The first kappa shape index (κ1) is 32.5. The minimum atomic E-state index is -1.39. The summed E-state index contributed by atoms with van der Waals surface area (Å²) in [5, 5.41) is 9.99. The van der Waals surface area contributed by atoms with Crippen LogP contribution in [0.1, 0.15) is 139 Å². The van der Waals surface area contributed by atoms with Crippen molar-refractivity contribution < 1.29 is 38.1 Å². The average molecular weight is 687 g/mol. The standard InChI is InChI=1S/C41H50O9/c1-39(2)36(48-32(43)21-41-8-6-23-11-26(18-41)14-27(12-23)19-41)35(33-30(50-39)4-3-28-15-29(37(44)45)38(46)49-34(28)33)47-31(42)20-40-7-5-22-9-24(16-40)13-25(10-22)17-40/h3-4,15,22-27,35-36H,5-14,16-21H2,1-2H3,(H,44,45)/t22?,23?,24-,25+,26-,27+,35-,36-,40?,41?/m1/s1. The molecule has 9 nitrogen and oxygen atoms in total. The number of rotatable bonds is 7. The van der Waals surface area contributed by atoms with Gasteiger partial charge in [-0.05, 0) is 168 Å². The molecule has 1 N–H and O–H groups in total. The lowest BCUT2D eigenvalue weighted by molar-refractivity contribution is -0.194. The van der Waals surface area contributed by atoms with Gasteiger partial charge in [0.25, 0.3) is 0 Å². The Kier molecular flexibility index (Phi) is 7.53. The second kappa shape index (κ2) is 11.6. The molecule has 8 bridgehead atoms. The molecular formula is C41H50O9. The van der Waals surface area contributed by atoms with Crippen molar-refractivity contribution in [1.82, 2.24) is 0 Å². The largest absolute Gasteiger partial charge is 0.483 e. The molecule has 0 spiro atoms. The number of carboxylic acids is 1. The van der Waals surface area contributed by atoms with E-state index in [1.165, 1.54) is 51.0 Å². The maximum absolute atomic E-state index is 14.3. The first-order valence-electron chi connectivity index (χ1n) is 19.3. The number of fused-ring (bicyclic) bond motifs is 5. The molecule has 10 atom stereocenters. The average Bonchev–Trinajstić information content (AvgIpc) is 3.35. The van der Waals surface area contributed by atoms with Gasteiger partial charge in [0.05, 0.1) is 18.4 Å². The second-order valence-corrected chi connectivity index (χ2v) is 18.5. The molecule has 2 heterocycles. The molecule has 1 aliphatic heterocycles. The molecule has 1 aromatic carbocycles. The molecule has 2 aromatic rings. The van der Waals surface area contributed by atoms with E-state index >= 15 is 0 Å². The molecule has 50 heavy (non-hydrogen) atoms. The van der Waals surface area contributed by atoms with Crippen LogP contribution in [0.2, 0.25) is 0 Å². The van der Waals surface area contributed by atoms with E-state index in [-0.39, 0.29) is 28.4 Å². The van der Waals surface area contributed by atoms with Gasteiger partial charge in [-0.25, -0.2) is 9.59 Å². The van der Waals surface area contributed by atoms with Crippen molar-refractivity contribution in [3.05, 3.63) is 39.7 Å². The van der Waals surface area contributed by atoms with Crippen LogP contribution in [0.3, 0.4) is 0 Å². The normalized spacial score (nSPS) is 38.9. The summed E-state index contributed by atoms with van der Waals surface area (Å²) in [7, 11) is 0. The molecule has 8 fully saturated rings. The van der Waals surface area contributed by atoms with Crippen LogP contribution in [0.25, 0.3) is 11.0 Å². The van der Waals surface area contributed by atoms with Crippen LogP contribution in [-0.4, -0.2) is 34.7 Å². The van der Waals surface area contributed by atoms with Crippen molar-refractivity contribution in [2.75, 3.05) is 0 Å². The molecule has 9 aliphatic rings. The van der Waals surface area contributed by atoms with Gasteiger partial charge in [-0.15, -0.1) is 0 Å². The van der Waals surface area contributed by atoms with Gasteiger partial charge in [0.15, 0.2) is 12.2 Å². The number of carboxylic acid groups (broad SMARTS) is 1. The lowest BCUT2D eigenvalue weighted by Gasteiger charge is -2.47. The predicted octanol–water partition coefficient (Wildman–Crippen LogP) is 8.15. The quantitative estimate of drug-likeness (QED) is 0.227. The SMILES string of the molecule is CC1(C)Oc2ccc3cc(C(=O)O)c(=O)oc3c2[C@@H](OC(=O)CC23CCC4C[C@H](C[C@H](C4)C2)C3)[C@H]1OC(=O)CC12CCC3C[C@H](C[C@H](C3)C1)C2. The Bertz CT molecular complexity index is 1780. The Labute approximate surface area is 292 Å². The predicted molar refractivity (Wildman–Crippen MR) is 183 cm³/mol. The van der Waals surface area contributed by atoms with Crippen molar-refractivity contribution >= 4 is 28.9 Å². The summed E-state index contributed by atoms with van der Waals surface area (Å²) in [6, 6.07) is 4.60. The fourth-order valence-corrected chi connectivity index (χ4v) is 12.9. The molecule has 0 amide bonds. The summed E-state index contributed by atoms with van der Waals surface area (Å²) >= 11 is 0. The van der Waals surface area contributed by atoms with Crippen LogP contribution in [0, 0.1) is 46.3 Å². The molecule has 0 radical (unpaired) electrons. The highest BCUT2D eigenvalue weighted by Gasteiger charge is 2.54. The Hall–Kier alpha value is -3.36. The van der Waals surface area contributed by atoms with Crippen molar-refractivity contribution in [2.24, 2.45) is 46.3 Å². The van der Waals surface area contributed by atoms with Crippen LogP contribution in [-0.2, 0) is 19.1 Å². The summed E-state index contributed by atoms with van der Waals surface area (Å²) in [6.07, 6.45) is 14.7. The van der Waals surface area contributed by atoms with E-state index in [1.54, 1.807) is 12.1 Å². The van der Waals surface area contributed by atoms with Gasteiger partial charge >= 0.3 is 23.5 Å². The molecule has 11 rings (SSSR count). The van der Waals surface area contributed by atoms with Gasteiger partial charge < -0.3 is 23.7 Å². The number of carbonyl (C=O) groups is 3. The van der Waals surface area contributed by atoms with E-state index in [0.717, 1.165) is 56.8 Å². The highest BCUT2D eigenvalue weighted by molar-refractivity contribution is 5.93. The topological polar surface area (TPSA) is 129 Å². The van der Waals surface area contributed by atoms with E-state index < -0.39 is 35.0 Å². The van der Waals surface area contributed by atoms with Crippen LogP contribution in [0.5, 0.6) is 5.75 Å². The van der Waals surface area contributed by atoms with Crippen LogP contribution >= 0.6 is 0 Å². The van der Waals surface area contributed by atoms with Crippen LogP contribution in [0.4, 0.5) is 0 Å². The second-order valence-electron chi connectivity index (χ2n) is 18.5. The number of benzene rings is 1. The Morgan fingerprint density at radius 1 is 0.780 bits per heavy atom. The Balaban J connectivity index is 1.06. The van der Waals surface area contributed by atoms with Crippen LogP contribution < -0.4 is 10.4 Å². The molecule has 9 heteroatoms. The number of aromatic carboxylic acids is 1. The molecule has 268 valence electrons. The number of esters is 2. The van der Waals surface area contributed by atoms with Gasteiger partial charge in [0.2, 0.25) is 0 Å². The van der Waals surface area contributed by atoms with Crippen molar-refractivity contribution in [3.63, 3.8) is 0 Å². The first-order chi connectivity index (χ1) is 23.8. The summed E-state index contributed by atoms with van der Waals surface area (Å²) in [5.74, 6) is 2.50. The fraction of sp³-hybridized carbons (Fsp3) is 0.707. The third-order valence-electron chi connectivity index (χ3n) is 14.4. The Morgan fingerprint density at radius 2 is 1.30 bits per heavy atom. The Morgan fingerprint density at radius 3 is 1.84 bits per heavy atom. The smallest absolute Gasteiger partial charge is 0.351 e. The van der Waals surface area contributed by atoms with Gasteiger partial charge in [0, 0.05) is 5.39 Å². The fourth-order valence-electron chi connectivity index (χ4n) is 12.9. The number of ether oxygens (including phenoxy) is 3. The third-order valence-corrected chi connectivity index (χ3v) is 14.4. The molecule has 4 unspecified atom stereocenters. The van der Waals surface area contributed by atoms with Gasteiger partial charge in [-0.1, -0.05) is 0 Å².